The highest BCUT2D eigenvalue weighted by Gasteiger charge is 2.01. The summed E-state index contributed by atoms with van der Waals surface area (Å²) in [5.41, 5.74) is 1.23. The quantitative estimate of drug-likeness (QED) is 0.570. The van der Waals surface area contributed by atoms with Gasteiger partial charge in [-0.05, 0) is 17.7 Å². The summed E-state index contributed by atoms with van der Waals surface area (Å²) >= 11 is 5.22. The van der Waals surface area contributed by atoms with Gasteiger partial charge in [-0.25, -0.2) is 0 Å². The van der Waals surface area contributed by atoms with Crippen molar-refractivity contribution in [1.82, 2.24) is 5.32 Å². The second-order valence-corrected chi connectivity index (χ2v) is 5.52. The Balaban J connectivity index is 2.45. The number of ether oxygens (including phenoxy) is 1. The molecule has 0 atom stereocenters. The second kappa shape index (κ2) is 8.94. The van der Waals surface area contributed by atoms with E-state index in [1.807, 2.05) is 0 Å². The molecule has 1 rings (SSSR count). The Morgan fingerprint density at radius 1 is 1.47 bits per heavy atom. The molecule has 2 N–H and O–H groups in total. The van der Waals surface area contributed by atoms with Crippen LogP contribution in [0.3, 0.4) is 0 Å². The number of benzene rings is 1. The zero-order chi connectivity index (χ0) is 12.5. The molecule has 0 spiro atoms. The van der Waals surface area contributed by atoms with Crippen molar-refractivity contribution in [2.24, 2.45) is 0 Å². The molecule has 0 saturated heterocycles. The molecule has 0 aliphatic rings. The third-order valence-corrected chi connectivity index (χ3v) is 3.90. The van der Waals surface area contributed by atoms with Crippen molar-refractivity contribution in [3.8, 4) is 0 Å². The molecule has 0 aliphatic heterocycles. The number of aliphatic hydroxyl groups is 1. The molecule has 0 fully saturated rings. The topological polar surface area (TPSA) is 41.5 Å². The number of nitrogens with one attached hydrogen (secondary N) is 1. The minimum absolute atomic E-state index is 0.211. The van der Waals surface area contributed by atoms with Crippen LogP contribution in [0, 0.1) is 0 Å². The Labute approximate surface area is 115 Å². The second-order valence-electron chi connectivity index (χ2n) is 3.49. The first-order valence-electron chi connectivity index (χ1n) is 5.49. The minimum atomic E-state index is 0.211. The van der Waals surface area contributed by atoms with Crippen LogP contribution in [-0.2, 0) is 11.3 Å². The molecule has 1 aromatic carbocycles. The standard InChI is InChI=1S/C12H18BrNO2S/c1-16-6-4-14-9-10-2-3-11(8-12(10)13)17-7-5-15/h2-3,8,14-15H,4-7,9H2,1H3. The average molecular weight is 320 g/mol. The predicted molar refractivity (Wildman–Crippen MR) is 75.5 cm³/mol. The van der Waals surface area contributed by atoms with Crippen LogP contribution < -0.4 is 5.32 Å². The van der Waals surface area contributed by atoms with Crippen molar-refractivity contribution < 1.29 is 9.84 Å². The van der Waals surface area contributed by atoms with Gasteiger partial charge in [-0.15, -0.1) is 11.8 Å². The van der Waals surface area contributed by atoms with Gasteiger partial charge in [0, 0.05) is 35.3 Å². The predicted octanol–water partition coefficient (Wildman–Crippen LogP) is 2.27. The molecule has 0 unspecified atom stereocenters. The summed E-state index contributed by atoms with van der Waals surface area (Å²) in [6.07, 6.45) is 0. The maximum Gasteiger partial charge on any atom is 0.0587 e. The Kier molecular flexibility index (Phi) is 7.88. The molecule has 0 aliphatic carbocycles. The number of hydrogen-bond acceptors (Lipinski definition) is 4. The van der Waals surface area contributed by atoms with Gasteiger partial charge in [0.2, 0.25) is 0 Å². The monoisotopic (exact) mass is 319 g/mol. The Morgan fingerprint density at radius 2 is 2.29 bits per heavy atom. The number of hydrogen-bond donors (Lipinski definition) is 2. The van der Waals surface area contributed by atoms with E-state index < -0.39 is 0 Å². The van der Waals surface area contributed by atoms with Gasteiger partial charge >= 0.3 is 0 Å². The van der Waals surface area contributed by atoms with Gasteiger partial charge in [0.25, 0.3) is 0 Å². The molecule has 17 heavy (non-hydrogen) atoms. The lowest BCUT2D eigenvalue weighted by Gasteiger charge is -2.08. The summed E-state index contributed by atoms with van der Waals surface area (Å²) in [4.78, 5) is 1.17. The van der Waals surface area contributed by atoms with Gasteiger partial charge in [0.15, 0.2) is 0 Å². The van der Waals surface area contributed by atoms with Crippen LogP contribution >= 0.6 is 27.7 Å². The molecule has 96 valence electrons. The number of halogens is 1. The number of rotatable bonds is 8. The normalized spacial score (nSPS) is 10.8. The molecule has 0 bridgehead atoms. The van der Waals surface area contributed by atoms with Crippen molar-refractivity contribution >= 4 is 27.7 Å². The number of methoxy groups -OCH3 is 1. The van der Waals surface area contributed by atoms with Crippen LogP contribution in [0.25, 0.3) is 0 Å². The summed E-state index contributed by atoms with van der Waals surface area (Å²) in [6, 6.07) is 6.27. The molecule has 0 heterocycles. The van der Waals surface area contributed by atoms with Crippen molar-refractivity contribution in [1.29, 1.82) is 0 Å². The lowest BCUT2D eigenvalue weighted by molar-refractivity contribution is 0.199. The molecular weight excluding hydrogens is 302 g/mol. The van der Waals surface area contributed by atoms with Crippen molar-refractivity contribution in [2.75, 3.05) is 32.6 Å². The first kappa shape index (κ1) is 15.0. The van der Waals surface area contributed by atoms with Crippen LogP contribution in [0.1, 0.15) is 5.56 Å². The van der Waals surface area contributed by atoms with Gasteiger partial charge in [-0.1, -0.05) is 22.0 Å². The highest BCUT2D eigenvalue weighted by Crippen LogP contribution is 2.25. The summed E-state index contributed by atoms with van der Waals surface area (Å²) in [5.74, 6) is 0.734. The average Bonchev–Trinajstić information content (AvgIpc) is 2.34. The fourth-order valence-electron chi connectivity index (χ4n) is 1.32. The fourth-order valence-corrected chi connectivity index (χ4v) is 2.68. The lowest BCUT2D eigenvalue weighted by Crippen LogP contribution is -2.18. The van der Waals surface area contributed by atoms with E-state index in [-0.39, 0.29) is 6.61 Å². The first-order valence-corrected chi connectivity index (χ1v) is 7.27. The van der Waals surface area contributed by atoms with E-state index in [2.05, 4.69) is 39.4 Å². The third kappa shape index (κ3) is 5.88. The summed E-state index contributed by atoms with van der Waals surface area (Å²) < 4.78 is 6.07. The zero-order valence-corrected chi connectivity index (χ0v) is 12.3. The number of thioether (sulfide) groups is 1. The van der Waals surface area contributed by atoms with Gasteiger partial charge in [-0.3, -0.25) is 0 Å². The van der Waals surface area contributed by atoms with Gasteiger partial charge in [0.1, 0.15) is 0 Å². The number of aliphatic hydroxyl groups excluding tert-OH is 1. The molecule has 0 amide bonds. The smallest absolute Gasteiger partial charge is 0.0587 e. The van der Waals surface area contributed by atoms with E-state index in [4.69, 9.17) is 9.84 Å². The van der Waals surface area contributed by atoms with E-state index in [0.29, 0.717) is 0 Å². The molecule has 0 radical (unpaired) electrons. The van der Waals surface area contributed by atoms with E-state index in [1.165, 1.54) is 10.5 Å². The highest BCUT2D eigenvalue weighted by atomic mass is 79.9. The summed E-state index contributed by atoms with van der Waals surface area (Å²) in [5, 5.41) is 12.1. The third-order valence-electron chi connectivity index (χ3n) is 2.18. The Bertz CT molecular complexity index is 336. The van der Waals surface area contributed by atoms with Gasteiger partial charge < -0.3 is 15.2 Å². The SMILES string of the molecule is COCCNCc1ccc(SCCO)cc1Br. The maximum absolute atomic E-state index is 8.76. The minimum Gasteiger partial charge on any atom is -0.396 e. The molecule has 5 heteroatoms. The zero-order valence-electron chi connectivity index (χ0n) is 9.91. The molecule has 3 nitrogen and oxygen atoms in total. The van der Waals surface area contributed by atoms with Crippen LogP contribution in [0.5, 0.6) is 0 Å². The van der Waals surface area contributed by atoms with Crippen LogP contribution in [0.15, 0.2) is 27.6 Å². The molecule has 0 aromatic heterocycles. The van der Waals surface area contributed by atoms with Crippen LogP contribution in [0.4, 0.5) is 0 Å². The Hall–Kier alpha value is -0.0700. The first-order chi connectivity index (χ1) is 8.27. The van der Waals surface area contributed by atoms with Crippen molar-refractivity contribution in [3.63, 3.8) is 0 Å². The van der Waals surface area contributed by atoms with Crippen molar-refractivity contribution in [3.05, 3.63) is 28.2 Å². The van der Waals surface area contributed by atoms with Crippen molar-refractivity contribution in [2.45, 2.75) is 11.4 Å². The summed E-state index contributed by atoms with van der Waals surface area (Å²) in [6.45, 7) is 2.61. The summed E-state index contributed by atoms with van der Waals surface area (Å²) in [7, 11) is 1.70. The molecule has 0 saturated carbocycles. The fraction of sp³-hybridized carbons (Fsp3) is 0.500. The molecular formula is C12H18BrNO2S. The van der Waals surface area contributed by atoms with Crippen LogP contribution in [0.2, 0.25) is 0 Å². The highest BCUT2D eigenvalue weighted by molar-refractivity contribution is 9.10. The maximum atomic E-state index is 8.76. The Morgan fingerprint density at radius 3 is 2.94 bits per heavy atom. The van der Waals surface area contributed by atoms with Crippen LogP contribution in [-0.4, -0.2) is 37.7 Å². The van der Waals surface area contributed by atoms with Gasteiger partial charge in [0.05, 0.1) is 13.2 Å². The van der Waals surface area contributed by atoms with E-state index in [1.54, 1.807) is 18.9 Å². The lowest BCUT2D eigenvalue weighted by atomic mass is 10.2. The van der Waals surface area contributed by atoms with E-state index >= 15 is 0 Å². The molecule has 1 aromatic rings. The largest absolute Gasteiger partial charge is 0.396 e. The van der Waals surface area contributed by atoms with E-state index in [9.17, 15) is 0 Å². The van der Waals surface area contributed by atoms with Gasteiger partial charge in [-0.2, -0.15) is 0 Å². The van der Waals surface area contributed by atoms with E-state index in [0.717, 1.165) is 29.9 Å².